The number of carbonyl (C=O) groups excluding carboxylic acids is 1. The number of fused-ring (bicyclic) bond motifs is 4. The van der Waals surface area contributed by atoms with Gasteiger partial charge in [-0.05, 0) is 85.5 Å². The number of phenolic OH excluding ortho intramolecular Hbond substituents is 1. The highest BCUT2D eigenvalue weighted by molar-refractivity contribution is 6.45. The number of anilines is 4. The van der Waals surface area contributed by atoms with Crippen LogP contribution in [0.4, 0.5) is 27.5 Å². The zero-order valence-corrected chi connectivity index (χ0v) is 20.0. The number of benzene rings is 3. The van der Waals surface area contributed by atoms with Gasteiger partial charge < -0.3 is 26.4 Å². The Labute approximate surface area is 209 Å². The second-order valence-electron chi connectivity index (χ2n) is 7.99. The maximum atomic E-state index is 12.7. The quantitative estimate of drug-likeness (QED) is 0.266. The summed E-state index contributed by atoms with van der Waals surface area (Å²) < 4.78 is 0. The Morgan fingerprint density at radius 1 is 1.03 bits per heavy atom. The predicted octanol–water partition coefficient (Wildman–Crippen LogP) is 6.67. The molecule has 35 heavy (non-hydrogen) atoms. The standard InChI is InChI=1S/C27H26ClN5O2/c1-3-24(28)26-30-17(2)29-21-6-4-5-18(15-21)7-8-19-16-22(31-26)11-14-25(19)33-27(35)32-20-9-12-23(34)13-10-20/h3-6,9-16,29,34H,2,7-8H2,1H3,(H,30,31)(H2,32,33,35)/b24-3+. The van der Waals surface area contributed by atoms with E-state index in [2.05, 4.69) is 45.0 Å². The van der Waals surface area contributed by atoms with Crippen molar-refractivity contribution in [3.63, 3.8) is 0 Å². The lowest BCUT2D eigenvalue weighted by Crippen LogP contribution is -2.20. The third-order valence-corrected chi connectivity index (χ3v) is 5.76. The van der Waals surface area contributed by atoms with Gasteiger partial charge in [0.15, 0.2) is 5.84 Å². The number of allylic oxidation sites excluding steroid dienone is 1. The van der Waals surface area contributed by atoms with Gasteiger partial charge in [-0.25, -0.2) is 9.79 Å². The number of amides is 2. The van der Waals surface area contributed by atoms with E-state index in [0.29, 0.717) is 34.5 Å². The highest BCUT2D eigenvalue weighted by Crippen LogP contribution is 2.26. The van der Waals surface area contributed by atoms with Gasteiger partial charge in [0.05, 0.1) is 5.03 Å². The van der Waals surface area contributed by atoms with Crippen LogP contribution in [0.1, 0.15) is 18.1 Å². The van der Waals surface area contributed by atoms with Gasteiger partial charge in [-0.2, -0.15) is 0 Å². The lowest BCUT2D eigenvalue weighted by molar-refractivity contribution is 0.262. The number of amidine groups is 1. The third kappa shape index (κ3) is 6.43. The van der Waals surface area contributed by atoms with Crippen LogP contribution in [0.25, 0.3) is 0 Å². The van der Waals surface area contributed by atoms with E-state index in [1.165, 1.54) is 12.1 Å². The number of urea groups is 1. The fraction of sp³-hybridized carbons (Fsp3) is 0.111. The molecule has 0 saturated carbocycles. The van der Waals surface area contributed by atoms with E-state index in [-0.39, 0.29) is 11.8 Å². The first-order valence-corrected chi connectivity index (χ1v) is 11.5. The molecule has 5 N–H and O–H groups in total. The van der Waals surface area contributed by atoms with Crippen molar-refractivity contribution in [1.29, 1.82) is 0 Å². The topological polar surface area (TPSA) is 97.8 Å². The number of rotatable bonds is 3. The van der Waals surface area contributed by atoms with Crippen LogP contribution in [0.3, 0.4) is 0 Å². The van der Waals surface area contributed by atoms with E-state index in [4.69, 9.17) is 11.6 Å². The summed E-state index contributed by atoms with van der Waals surface area (Å²) in [7, 11) is 0. The summed E-state index contributed by atoms with van der Waals surface area (Å²) in [5.41, 5.74) is 5.01. The minimum Gasteiger partial charge on any atom is -0.508 e. The number of hydrogen-bond donors (Lipinski definition) is 5. The summed E-state index contributed by atoms with van der Waals surface area (Å²) >= 11 is 6.42. The first-order valence-electron chi connectivity index (χ1n) is 11.1. The van der Waals surface area contributed by atoms with Crippen LogP contribution in [-0.4, -0.2) is 17.0 Å². The minimum atomic E-state index is -0.378. The highest BCUT2D eigenvalue weighted by atomic mass is 35.5. The summed E-state index contributed by atoms with van der Waals surface area (Å²) in [5, 5.41) is 22.1. The van der Waals surface area contributed by atoms with Crippen molar-refractivity contribution in [3.8, 4) is 5.75 Å². The largest absolute Gasteiger partial charge is 0.508 e. The zero-order valence-electron chi connectivity index (χ0n) is 19.2. The number of aliphatic imine (C=N–C) groups is 1. The van der Waals surface area contributed by atoms with Gasteiger partial charge in [-0.1, -0.05) is 36.4 Å². The van der Waals surface area contributed by atoms with Crippen molar-refractivity contribution in [2.75, 3.05) is 21.3 Å². The highest BCUT2D eigenvalue weighted by Gasteiger charge is 2.13. The van der Waals surface area contributed by atoms with Crippen LogP contribution in [0.2, 0.25) is 0 Å². The molecule has 178 valence electrons. The van der Waals surface area contributed by atoms with Crippen LogP contribution < -0.4 is 21.3 Å². The molecular formula is C27H26ClN5O2. The van der Waals surface area contributed by atoms with Gasteiger partial charge in [0.25, 0.3) is 0 Å². The van der Waals surface area contributed by atoms with E-state index in [1.54, 1.807) is 18.2 Å². The number of aryl methyl sites for hydroxylation is 2. The maximum absolute atomic E-state index is 12.7. The molecule has 0 saturated heterocycles. The lowest BCUT2D eigenvalue weighted by Gasteiger charge is -2.15. The third-order valence-electron chi connectivity index (χ3n) is 5.37. The van der Waals surface area contributed by atoms with Gasteiger partial charge in [-0.3, -0.25) is 0 Å². The molecule has 4 bridgehead atoms. The molecular weight excluding hydrogens is 462 g/mol. The molecule has 0 radical (unpaired) electrons. The van der Waals surface area contributed by atoms with Crippen LogP contribution in [-0.2, 0) is 12.8 Å². The first kappa shape index (κ1) is 23.9. The van der Waals surface area contributed by atoms with Crippen molar-refractivity contribution in [1.82, 2.24) is 0 Å². The summed E-state index contributed by atoms with van der Waals surface area (Å²) in [5.74, 6) is 1.04. The molecule has 3 aromatic rings. The Morgan fingerprint density at radius 3 is 2.57 bits per heavy atom. The number of aromatic hydroxyl groups is 1. The molecule has 1 aliphatic rings. The van der Waals surface area contributed by atoms with Gasteiger partial charge in [0.2, 0.25) is 0 Å². The predicted molar refractivity (Wildman–Crippen MR) is 144 cm³/mol. The van der Waals surface area contributed by atoms with Gasteiger partial charge in [0, 0.05) is 22.7 Å². The Bertz CT molecular complexity index is 1320. The van der Waals surface area contributed by atoms with Crippen LogP contribution in [0.15, 0.2) is 95.2 Å². The zero-order chi connectivity index (χ0) is 24.8. The average molecular weight is 488 g/mol. The molecule has 3 aromatic carbocycles. The number of phenols is 1. The van der Waals surface area contributed by atoms with Gasteiger partial charge in [-0.15, -0.1) is 0 Å². The van der Waals surface area contributed by atoms with Crippen molar-refractivity contribution >= 4 is 46.2 Å². The van der Waals surface area contributed by atoms with Crippen molar-refractivity contribution < 1.29 is 9.90 Å². The number of nitrogens with one attached hydrogen (secondary N) is 4. The summed E-state index contributed by atoms with van der Waals surface area (Å²) in [6.45, 7) is 5.84. The normalized spacial score (nSPS) is 15.2. The van der Waals surface area contributed by atoms with Crippen LogP contribution in [0, 0.1) is 0 Å². The van der Waals surface area contributed by atoms with Gasteiger partial charge in [0.1, 0.15) is 11.6 Å². The van der Waals surface area contributed by atoms with Crippen molar-refractivity contribution in [2.45, 2.75) is 19.8 Å². The Morgan fingerprint density at radius 2 is 1.80 bits per heavy atom. The molecule has 7 nitrogen and oxygen atoms in total. The van der Waals surface area contributed by atoms with Crippen LogP contribution in [0.5, 0.6) is 5.75 Å². The monoisotopic (exact) mass is 487 g/mol. The van der Waals surface area contributed by atoms with E-state index >= 15 is 0 Å². The molecule has 8 heteroatoms. The number of carbonyl (C=O) groups is 1. The lowest BCUT2D eigenvalue weighted by atomic mass is 10.0. The molecule has 2 amide bonds. The summed E-state index contributed by atoms with van der Waals surface area (Å²) in [6, 6.07) is 19.6. The van der Waals surface area contributed by atoms with Crippen LogP contribution >= 0.6 is 11.6 Å². The van der Waals surface area contributed by atoms with Gasteiger partial charge >= 0.3 is 6.03 Å². The maximum Gasteiger partial charge on any atom is 0.323 e. The molecule has 0 unspecified atom stereocenters. The fourth-order valence-electron chi connectivity index (χ4n) is 3.66. The number of hydrogen-bond acceptors (Lipinski definition) is 5. The van der Waals surface area contributed by atoms with E-state index in [1.807, 2.05) is 37.3 Å². The molecule has 0 spiro atoms. The average Bonchev–Trinajstić information content (AvgIpc) is 2.84. The van der Waals surface area contributed by atoms with E-state index in [9.17, 15) is 9.90 Å². The Kier molecular flexibility index (Phi) is 7.38. The molecule has 1 aliphatic heterocycles. The minimum absolute atomic E-state index is 0.133. The molecule has 0 aliphatic carbocycles. The van der Waals surface area contributed by atoms with E-state index in [0.717, 1.165) is 28.9 Å². The summed E-state index contributed by atoms with van der Waals surface area (Å²) in [6.07, 6.45) is 3.21. The van der Waals surface area contributed by atoms with Crippen molar-refractivity contribution in [3.05, 3.63) is 101 Å². The molecule has 0 aromatic heterocycles. The number of halogens is 1. The second-order valence-corrected chi connectivity index (χ2v) is 8.40. The Hall–Kier alpha value is -4.23. The smallest absolute Gasteiger partial charge is 0.323 e. The molecule has 0 atom stereocenters. The van der Waals surface area contributed by atoms with Crippen molar-refractivity contribution in [2.24, 2.45) is 4.99 Å². The Balaban J connectivity index is 1.65. The fourth-order valence-corrected chi connectivity index (χ4v) is 3.75. The summed E-state index contributed by atoms with van der Waals surface area (Å²) in [4.78, 5) is 17.2. The first-order chi connectivity index (χ1) is 16.9. The number of nitrogens with zero attached hydrogens (tertiary/aromatic N) is 1. The second kappa shape index (κ2) is 10.8. The molecule has 0 fully saturated rings. The molecule has 4 rings (SSSR count). The SMILES string of the molecule is C=C1/N=C(\C(Cl)=C/C)Nc2ccc(NC(=O)Nc3ccc(O)cc3)c(c2)CCc2cccc(c2)N1. The molecule has 1 heterocycles. The van der Waals surface area contributed by atoms with E-state index < -0.39 is 0 Å².